The Morgan fingerprint density at radius 1 is 1.07 bits per heavy atom. The van der Waals surface area contributed by atoms with Crippen molar-refractivity contribution in [2.75, 3.05) is 23.3 Å². The number of rotatable bonds is 5. The number of hydrogen-bond donors (Lipinski definition) is 1. The molecule has 4 heteroatoms. The number of halogens is 1. The zero-order valence-corrected chi connectivity index (χ0v) is 16.0. The van der Waals surface area contributed by atoms with E-state index in [0.29, 0.717) is 17.3 Å². The molecule has 1 saturated heterocycles. The van der Waals surface area contributed by atoms with Gasteiger partial charge in [-0.2, -0.15) is 0 Å². The van der Waals surface area contributed by atoms with Gasteiger partial charge in [-0.3, -0.25) is 4.79 Å². The number of benzene rings is 2. The summed E-state index contributed by atoms with van der Waals surface area (Å²) in [6.45, 7) is 6.07. The van der Waals surface area contributed by atoms with Gasteiger partial charge in [0.25, 0.3) is 0 Å². The quantitative estimate of drug-likeness (QED) is 0.700. The second-order valence-corrected chi connectivity index (χ2v) is 7.36. The van der Waals surface area contributed by atoms with E-state index in [1.54, 1.807) is 18.2 Å². The van der Waals surface area contributed by atoms with Crippen molar-refractivity contribution in [3.63, 3.8) is 0 Å². The maximum absolute atomic E-state index is 14.4. The average Bonchev–Trinajstić information content (AvgIpc) is 2.67. The molecule has 1 heterocycles. The van der Waals surface area contributed by atoms with Crippen molar-refractivity contribution in [3.05, 3.63) is 65.5 Å². The fourth-order valence-electron chi connectivity index (χ4n) is 3.32. The molecule has 142 valence electrons. The normalized spacial score (nSPS) is 14.7. The largest absolute Gasteiger partial charge is 0.369 e. The first kappa shape index (κ1) is 19.2. The predicted octanol–water partition coefficient (Wildman–Crippen LogP) is 5.59. The highest BCUT2D eigenvalue weighted by Crippen LogP contribution is 2.25. The number of carbonyl (C=O) groups excluding carboxylic acids is 1. The molecule has 3 nitrogen and oxygen atoms in total. The zero-order chi connectivity index (χ0) is 19.2. The van der Waals surface area contributed by atoms with Gasteiger partial charge in [0.2, 0.25) is 5.91 Å². The molecule has 0 radical (unpaired) electrons. The van der Waals surface area contributed by atoms with Crippen molar-refractivity contribution in [3.8, 4) is 0 Å². The van der Waals surface area contributed by atoms with Crippen molar-refractivity contribution < 1.29 is 9.18 Å². The van der Waals surface area contributed by atoms with Crippen LogP contribution in [0.25, 0.3) is 6.08 Å². The molecular formula is C23H27FN2O. The number of piperidine rings is 1. The summed E-state index contributed by atoms with van der Waals surface area (Å²) in [7, 11) is 0. The lowest BCUT2D eigenvalue weighted by Crippen LogP contribution is -2.30. The summed E-state index contributed by atoms with van der Waals surface area (Å²) >= 11 is 0. The molecule has 1 amide bonds. The predicted molar refractivity (Wildman–Crippen MR) is 111 cm³/mol. The summed E-state index contributed by atoms with van der Waals surface area (Å²) in [5.74, 6) is -0.0786. The van der Waals surface area contributed by atoms with E-state index in [1.807, 2.05) is 12.1 Å². The third-order valence-corrected chi connectivity index (χ3v) is 4.94. The van der Waals surface area contributed by atoms with Crippen LogP contribution in [0.4, 0.5) is 15.8 Å². The minimum atomic E-state index is -0.289. The lowest BCUT2D eigenvalue weighted by molar-refractivity contribution is -0.111. The second kappa shape index (κ2) is 8.85. The van der Waals surface area contributed by atoms with E-state index in [-0.39, 0.29) is 11.7 Å². The molecule has 0 bridgehead atoms. The Morgan fingerprint density at radius 2 is 1.78 bits per heavy atom. The molecule has 27 heavy (non-hydrogen) atoms. The Labute approximate surface area is 160 Å². The van der Waals surface area contributed by atoms with Crippen LogP contribution in [0.2, 0.25) is 0 Å². The number of nitrogens with zero attached hydrogens (tertiary/aromatic N) is 1. The highest BCUT2D eigenvalue weighted by atomic mass is 19.1. The summed E-state index contributed by atoms with van der Waals surface area (Å²) in [5, 5.41) is 2.73. The molecule has 1 aliphatic heterocycles. The molecule has 1 N–H and O–H groups in total. The van der Waals surface area contributed by atoms with Crippen LogP contribution >= 0.6 is 0 Å². The summed E-state index contributed by atoms with van der Waals surface area (Å²) in [6, 6.07) is 13.0. The van der Waals surface area contributed by atoms with Crippen LogP contribution < -0.4 is 10.2 Å². The van der Waals surface area contributed by atoms with Gasteiger partial charge in [0.15, 0.2) is 0 Å². The van der Waals surface area contributed by atoms with Crippen molar-refractivity contribution >= 4 is 23.4 Å². The summed E-state index contributed by atoms with van der Waals surface area (Å²) in [5.41, 5.74) is 3.31. The third kappa shape index (κ3) is 5.19. The molecule has 2 aromatic carbocycles. The number of anilines is 2. The van der Waals surface area contributed by atoms with Crippen LogP contribution in [0.1, 0.15) is 50.2 Å². The van der Waals surface area contributed by atoms with Crippen LogP contribution in [0, 0.1) is 5.82 Å². The topological polar surface area (TPSA) is 32.3 Å². The summed E-state index contributed by atoms with van der Waals surface area (Å²) < 4.78 is 14.4. The van der Waals surface area contributed by atoms with Gasteiger partial charge in [-0.1, -0.05) is 38.1 Å². The van der Waals surface area contributed by atoms with Gasteiger partial charge in [-0.15, -0.1) is 0 Å². The number of hydrogen-bond acceptors (Lipinski definition) is 2. The maximum atomic E-state index is 14.4. The van der Waals surface area contributed by atoms with E-state index in [1.165, 1.54) is 24.1 Å². The van der Waals surface area contributed by atoms with Gasteiger partial charge in [0.1, 0.15) is 5.82 Å². The van der Waals surface area contributed by atoms with E-state index in [9.17, 15) is 9.18 Å². The molecular weight excluding hydrogens is 339 g/mol. The van der Waals surface area contributed by atoms with E-state index >= 15 is 0 Å². The van der Waals surface area contributed by atoms with Gasteiger partial charge in [-0.05, 0) is 60.6 Å². The Bertz CT molecular complexity index is 806. The maximum Gasteiger partial charge on any atom is 0.248 e. The van der Waals surface area contributed by atoms with Crippen molar-refractivity contribution in [1.29, 1.82) is 0 Å². The minimum absolute atomic E-state index is 0.270. The second-order valence-electron chi connectivity index (χ2n) is 7.36. The minimum Gasteiger partial charge on any atom is -0.369 e. The molecule has 0 spiro atoms. The first-order chi connectivity index (χ1) is 13.0. The molecule has 0 aliphatic carbocycles. The SMILES string of the molecule is CC(C)c1ccc(/C=C/C(=O)Nc2ccc(N3CCCCC3)c(F)c2)cc1. The average molecular weight is 366 g/mol. The molecule has 1 fully saturated rings. The molecule has 0 aromatic heterocycles. The molecule has 1 aliphatic rings. The van der Waals surface area contributed by atoms with E-state index in [0.717, 1.165) is 31.5 Å². The number of carbonyl (C=O) groups is 1. The third-order valence-electron chi connectivity index (χ3n) is 4.94. The first-order valence-electron chi connectivity index (χ1n) is 9.66. The monoisotopic (exact) mass is 366 g/mol. The van der Waals surface area contributed by atoms with Crippen molar-refractivity contribution in [2.45, 2.75) is 39.0 Å². The number of nitrogens with one attached hydrogen (secondary N) is 1. The van der Waals surface area contributed by atoms with E-state index < -0.39 is 0 Å². The Balaban J connectivity index is 1.61. The summed E-state index contributed by atoms with van der Waals surface area (Å²) in [6.07, 6.45) is 6.64. The van der Waals surface area contributed by atoms with Gasteiger partial charge >= 0.3 is 0 Å². The van der Waals surface area contributed by atoms with E-state index in [2.05, 4.69) is 36.2 Å². The zero-order valence-electron chi connectivity index (χ0n) is 16.0. The molecule has 0 unspecified atom stereocenters. The van der Waals surface area contributed by atoms with Crippen LogP contribution in [-0.2, 0) is 4.79 Å². The first-order valence-corrected chi connectivity index (χ1v) is 9.66. The van der Waals surface area contributed by atoms with Crippen LogP contribution in [0.3, 0.4) is 0 Å². The fourth-order valence-corrected chi connectivity index (χ4v) is 3.32. The van der Waals surface area contributed by atoms with Gasteiger partial charge in [-0.25, -0.2) is 4.39 Å². The van der Waals surface area contributed by atoms with Crippen LogP contribution in [0.5, 0.6) is 0 Å². The standard InChI is InChI=1S/C23H27FN2O/c1-17(2)19-9-6-18(7-10-19)8-13-23(27)25-20-11-12-22(21(24)16-20)26-14-4-3-5-15-26/h6-13,16-17H,3-5,14-15H2,1-2H3,(H,25,27)/b13-8+. The van der Waals surface area contributed by atoms with Gasteiger partial charge in [0, 0.05) is 24.9 Å². The van der Waals surface area contributed by atoms with Gasteiger partial charge in [0.05, 0.1) is 5.69 Å². The molecule has 2 aromatic rings. The smallest absolute Gasteiger partial charge is 0.248 e. The summed E-state index contributed by atoms with van der Waals surface area (Å²) in [4.78, 5) is 14.2. The van der Waals surface area contributed by atoms with E-state index in [4.69, 9.17) is 0 Å². The molecule has 0 atom stereocenters. The van der Waals surface area contributed by atoms with Gasteiger partial charge < -0.3 is 10.2 Å². The molecule has 3 rings (SSSR count). The van der Waals surface area contributed by atoms with Crippen LogP contribution in [-0.4, -0.2) is 19.0 Å². The number of amides is 1. The molecule has 0 saturated carbocycles. The lowest BCUT2D eigenvalue weighted by atomic mass is 10.0. The lowest BCUT2D eigenvalue weighted by Gasteiger charge is -2.29. The Kier molecular flexibility index (Phi) is 6.28. The highest BCUT2D eigenvalue weighted by Gasteiger charge is 2.15. The Hall–Kier alpha value is -2.62. The highest BCUT2D eigenvalue weighted by molar-refractivity contribution is 6.02. The van der Waals surface area contributed by atoms with Crippen LogP contribution in [0.15, 0.2) is 48.5 Å². The Morgan fingerprint density at radius 3 is 2.41 bits per heavy atom. The fraction of sp³-hybridized carbons (Fsp3) is 0.348. The van der Waals surface area contributed by atoms with Crippen molar-refractivity contribution in [2.24, 2.45) is 0 Å². The van der Waals surface area contributed by atoms with Crippen molar-refractivity contribution in [1.82, 2.24) is 0 Å².